The van der Waals surface area contributed by atoms with Crippen LogP contribution in [-0.4, -0.2) is 10.8 Å². The number of fused-ring (bicyclic) bond motifs is 1. The Bertz CT molecular complexity index is 553. The first-order chi connectivity index (χ1) is 7.65. The van der Waals surface area contributed by atoms with Crippen molar-refractivity contribution < 1.29 is 69.1 Å². The van der Waals surface area contributed by atoms with Crippen LogP contribution < -0.4 is 51.4 Å². The zero-order valence-electron chi connectivity index (χ0n) is 9.20. The van der Waals surface area contributed by atoms with Gasteiger partial charge in [-0.25, -0.2) is 0 Å². The van der Waals surface area contributed by atoms with Gasteiger partial charge in [-0.15, -0.1) is 0 Å². The third kappa shape index (κ3) is 5.87. The van der Waals surface area contributed by atoms with E-state index in [0.29, 0.717) is 0 Å². The van der Waals surface area contributed by atoms with E-state index in [9.17, 15) is 4.79 Å². The first-order valence-corrected chi connectivity index (χ1v) is 5.39. The molecule has 0 aliphatic carbocycles. The second-order valence-electron chi connectivity index (χ2n) is 2.90. The molecule has 0 radical (unpaired) electrons. The number of benzene rings is 2. The van der Waals surface area contributed by atoms with E-state index in [4.69, 9.17) is 13.0 Å². The van der Waals surface area contributed by atoms with Gasteiger partial charge in [0, 0.05) is 16.5 Å². The van der Waals surface area contributed by atoms with Gasteiger partial charge < -0.3 is 13.0 Å². The van der Waals surface area contributed by atoms with Crippen LogP contribution in [0.25, 0.3) is 10.8 Å². The van der Waals surface area contributed by atoms with Gasteiger partial charge in [-0.3, -0.25) is 4.79 Å². The molecule has 1 N–H and O–H groups in total. The second kappa shape index (κ2) is 8.93. The van der Waals surface area contributed by atoms with Gasteiger partial charge >= 0.3 is 51.4 Å². The van der Waals surface area contributed by atoms with Gasteiger partial charge in [0.05, 0.1) is 0 Å². The van der Waals surface area contributed by atoms with Crippen molar-refractivity contribution >= 4 is 28.0 Å². The predicted molar refractivity (Wildman–Crippen MR) is 60.7 cm³/mol. The van der Waals surface area contributed by atoms with Crippen molar-refractivity contribution in [3.63, 3.8) is 0 Å². The van der Waals surface area contributed by atoms with E-state index in [1.54, 1.807) is 0 Å². The van der Waals surface area contributed by atoms with Crippen LogP contribution in [0, 0.1) is 0 Å². The molecule has 0 saturated carbocycles. The van der Waals surface area contributed by atoms with Gasteiger partial charge in [-0.05, 0) is 10.8 Å². The number of carbonyl (C=O) groups excluding carboxylic acids is 1. The Balaban J connectivity index is 0.000000453. The molecular weight excluding hydrogens is 267 g/mol. The average molecular weight is 276 g/mol. The maximum Gasteiger partial charge on any atom is 1.00 e. The van der Waals surface area contributed by atoms with Crippen molar-refractivity contribution in [2.24, 2.45) is 0 Å². The molecular formula is C11H9KO4S. The maximum atomic E-state index is 10.6. The van der Waals surface area contributed by atoms with Crippen molar-refractivity contribution in [3.8, 4) is 0 Å². The van der Waals surface area contributed by atoms with E-state index in [0.717, 1.165) is 22.6 Å². The number of aldehydes is 1. The predicted octanol–water partition coefficient (Wildman–Crippen LogP) is -0.575. The quantitative estimate of drug-likeness (QED) is 0.249. The molecule has 4 nitrogen and oxygen atoms in total. The summed E-state index contributed by atoms with van der Waals surface area (Å²) >= 11 is 0. The topological polar surface area (TPSA) is 71.4 Å². The first kappa shape index (κ1) is 16.9. The van der Waals surface area contributed by atoms with Gasteiger partial charge in [-0.2, -0.15) is 0 Å². The summed E-state index contributed by atoms with van der Waals surface area (Å²) in [5, 5.41) is 2.14. The Hall–Kier alpha value is -0.0836. The minimum atomic E-state index is -2.86. The number of hydrogen-bond donors (Lipinski definition) is 1. The van der Waals surface area contributed by atoms with Crippen LogP contribution in [0.4, 0.5) is 0 Å². The molecule has 2 aromatic rings. The molecule has 0 unspecified atom stereocenters. The summed E-state index contributed by atoms with van der Waals surface area (Å²) in [7, 11) is -2.86. The molecule has 0 saturated heterocycles. The van der Waals surface area contributed by atoms with Crippen LogP contribution in [0.1, 0.15) is 10.4 Å². The zero-order chi connectivity index (χ0) is 12.0. The Morgan fingerprint density at radius 3 is 2.12 bits per heavy atom. The second-order valence-corrected chi connectivity index (χ2v) is 3.34. The minimum absolute atomic E-state index is 0. The SMILES string of the molecule is O=Cc1cccc2ccccc12.O=[S-](=O)O.[K+]. The van der Waals surface area contributed by atoms with E-state index in [1.807, 2.05) is 42.5 Å². The van der Waals surface area contributed by atoms with Crippen LogP contribution in [0.15, 0.2) is 42.5 Å². The molecule has 2 rings (SSSR count). The summed E-state index contributed by atoms with van der Waals surface area (Å²) in [4.78, 5) is 10.6. The fourth-order valence-electron chi connectivity index (χ4n) is 1.35. The molecule has 0 amide bonds. The summed E-state index contributed by atoms with van der Waals surface area (Å²) in [6.07, 6.45) is 0.891. The van der Waals surface area contributed by atoms with E-state index in [-0.39, 0.29) is 51.4 Å². The Kier molecular flexibility index (Phi) is 8.88. The molecule has 0 bridgehead atoms. The van der Waals surface area contributed by atoms with Gasteiger partial charge in [0.25, 0.3) is 0 Å². The minimum Gasteiger partial charge on any atom is -0.439 e. The average Bonchev–Trinajstić information content (AvgIpc) is 2.27. The first-order valence-electron chi connectivity index (χ1n) is 4.36. The molecule has 0 aromatic heterocycles. The Morgan fingerprint density at radius 1 is 1.00 bits per heavy atom. The summed E-state index contributed by atoms with van der Waals surface area (Å²) in [6.45, 7) is 0. The van der Waals surface area contributed by atoms with Gasteiger partial charge in [0.1, 0.15) is 0 Å². The molecule has 17 heavy (non-hydrogen) atoms. The third-order valence-electron chi connectivity index (χ3n) is 1.95. The van der Waals surface area contributed by atoms with Crippen LogP contribution in [0.3, 0.4) is 0 Å². The smallest absolute Gasteiger partial charge is 0.439 e. The monoisotopic (exact) mass is 276 g/mol. The number of rotatable bonds is 1. The van der Waals surface area contributed by atoms with Crippen molar-refractivity contribution in [1.82, 2.24) is 0 Å². The van der Waals surface area contributed by atoms with Gasteiger partial charge in [0.15, 0.2) is 6.29 Å². The van der Waals surface area contributed by atoms with E-state index in [2.05, 4.69) is 0 Å². The molecule has 0 heterocycles. The molecule has 0 aliphatic heterocycles. The normalized spacial score (nSPS) is 9.06. The fourth-order valence-corrected chi connectivity index (χ4v) is 1.35. The Morgan fingerprint density at radius 2 is 1.53 bits per heavy atom. The van der Waals surface area contributed by atoms with Crippen molar-refractivity contribution in [2.45, 2.75) is 0 Å². The molecule has 0 spiro atoms. The Labute approximate surface area is 143 Å². The van der Waals surface area contributed by atoms with Gasteiger partial charge in [-0.1, -0.05) is 42.5 Å². The zero-order valence-corrected chi connectivity index (χ0v) is 13.1. The van der Waals surface area contributed by atoms with Crippen molar-refractivity contribution in [3.05, 3.63) is 48.0 Å². The van der Waals surface area contributed by atoms with Gasteiger partial charge in [0.2, 0.25) is 0 Å². The maximum absolute atomic E-state index is 10.6. The standard InChI is InChI=1S/C11H8O.K.HO3S/c12-8-10-6-3-5-9-4-1-2-7-11(9)10;;1-4(2)3/h1-8H;;(H,1,2,3)/q;+1;-1. The largest absolute Gasteiger partial charge is 1.00 e. The molecule has 0 fully saturated rings. The summed E-state index contributed by atoms with van der Waals surface area (Å²) in [5.41, 5.74) is 0.758. The summed E-state index contributed by atoms with van der Waals surface area (Å²) in [6, 6.07) is 13.6. The van der Waals surface area contributed by atoms with Crippen LogP contribution in [0.5, 0.6) is 0 Å². The molecule has 84 valence electrons. The molecule has 0 atom stereocenters. The fraction of sp³-hybridized carbons (Fsp3) is 0. The molecule has 2 aromatic carbocycles. The third-order valence-corrected chi connectivity index (χ3v) is 1.95. The van der Waals surface area contributed by atoms with Crippen LogP contribution in [-0.2, 0) is 19.4 Å². The summed E-state index contributed by atoms with van der Waals surface area (Å²) < 4.78 is 24.1. The van der Waals surface area contributed by atoms with E-state index < -0.39 is 11.0 Å². The number of hydrogen-bond acceptors (Lipinski definition) is 4. The molecule has 6 heteroatoms. The van der Waals surface area contributed by atoms with Crippen LogP contribution in [0.2, 0.25) is 0 Å². The van der Waals surface area contributed by atoms with E-state index in [1.165, 1.54) is 0 Å². The van der Waals surface area contributed by atoms with Crippen LogP contribution >= 0.6 is 0 Å². The van der Waals surface area contributed by atoms with Crippen molar-refractivity contribution in [2.75, 3.05) is 0 Å². The van der Waals surface area contributed by atoms with E-state index >= 15 is 0 Å². The number of carbonyl (C=O) groups is 1. The summed E-state index contributed by atoms with van der Waals surface area (Å²) in [5.74, 6) is 0. The van der Waals surface area contributed by atoms with Crippen molar-refractivity contribution in [1.29, 1.82) is 0 Å². The molecule has 0 aliphatic rings.